The summed E-state index contributed by atoms with van der Waals surface area (Å²) < 4.78 is 32.2. The van der Waals surface area contributed by atoms with E-state index in [0.29, 0.717) is 17.6 Å². The van der Waals surface area contributed by atoms with Crippen LogP contribution >= 0.6 is 7.60 Å². The van der Waals surface area contributed by atoms with E-state index in [1.54, 1.807) is 10.9 Å². The third kappa shape index (κ3) is 5.00. The van der Waals surface area contributed by atoms with Gasteiger partial charge in [0.05, 0.1) is 19.0 Å². The smallest absolute Gasteiger partial charge is 0.192 e. The first kappa shape index (κ1) is 24.2. The zero-order valence-electron chi connectivity index (χ0n) is 18.9. The monoisotopic (exact) mass is 472 g/mol. The molecule has 31 heavy (non-hydrogen) atoms. The van der Waals surface area contributed by atoms with Gasteiger partial charge in [0.25, 0.3) is 0 Å². The second-order valence-corrected chi connectivity index (χ2v) is 16.5. The Morgan fingerprint density at radius 1 is 1.42 bits per heavy atom. The van der Waals surface area contributed by atoms with Crippen LogP contribution in [0.3, 0.4) is 0 Å². The Kier molecular flexibility index (Phi) is 6.65. The Morgan fingerprint density at radius 3 is 2.71 bits per heavy atom. The Balaban J connectivity index is 1.86. The Labute approximate surface area is 183 Å². The first-order valence-electron chi connectivity index (χ1n) is 10.3. The lowest BCUT2D eigenvalue weighted by Gasteiger charge is -2.37. The van der Waals surface area contributed by atoms with Gasteiger partial charge in [0, 0.05) is 6.42 Å². The van der Waals surface area contributed by atoms with Gasteiger partial charge in [-0.2, -0.15) is 0 Å². The number of fused-ring (bicyclic) bond motifs is 1. The lowest BCUT2D eigenvalue weighted by atomic mass is 10.2. The van der Waals surface area contributed by atoms with Crippen molar-refractivity contribution in [3.8, 4) is 0 Å². The topological polar surface area (TPSA) is 165 Å². The van der Waals surface area contributed by atoms with Crippen molar-refractivity contribution in [3.63, 3.8) is 0 Å². The molecule has 174 valence electrons. The van der Waals surface area contributed by atoms with Gasteiger partial charge in [-0.3, -0.25) is 4.57 Å². The normalized spacial score (nSPS) is 25.6. The molecule has 1 aliphatic heterocycles. The molecule has 5 atom stereocenters. The minimum atomic E-state index is -4.16. The standard InChI is InChI=1S/C18H33N6O5PSi/c1-11(19)30(25,26)29-12-7-14(24-10-23-15-16(20)21-9-22-17(15)24)28-13(12)8-27-31(5,6)18(2,3)4/h9-14H,7-8,19H2,1-6H3,(H,25,26)(H2,20,21,22)/t11?,12-,13+,14+/m0/s1. The maximum Gasteiger partial charge on any atom is 0.192 e. The highest BCUT2D eigenvalue weighted by atomic mass is 31.2. The molecule has 11 nitrogen and oxygen atoms in total. The van der Waals surface area contributed by atoms with E-state index in [1.807, 2.05) is 0 Å². The molecule has 0 radical (unpaired) electrons. The number of aromatic nitrogens is 4. The molecule has 5 N–H and O–H groups in total. The number of imidazole rings is 1. The van der Waals surface area contributed by atoms with Crippen molar-refractivity contribution < 1.29 is 28.9 Å². The zero-order valence-corrected chi connectivity index (χ0v) is 20.8. The van der Waals surface area contributed by atoms with E-state index in [2.05, 4.69) is 54.6 Å². The van der Waals surface area contributed by atoms with Crippen molar-refractivity contribution in [1.29, 1.82) is 0 Å². The summed E-state index contributed by atoms with van der Waals surface area (Å²) in [6, 6.07) is 0. The maximum absolute atomic E-state index is 12.4. The predicted octanol–water partition coefficient (Wildman–Crippen LogP) is 1.24. The summed E-state index contributed by atoms with van der Waals surface area (Å²) in [5.74, 6) is -0.613. The van der Waals surface area contributed by atoms with Crippen LogP contribution in [-0.4, -0.2) is 52.4 Å². The van der Waals surface area contributed by atoms with Crippen LogP contribution in [-0.2, 0) is 18.3 Å². The number of hydrogen-bond donors (Lipinski definition) is 2. The van der Waals surface area contributed by atoms with Gasteiger partial charge in [-0.25, -0.2) is 15.0 Å². The third-order valence-electron chi connectivity index (χ3n) is 6.11. The fourth-order valence-electron chi connectivity index (χ4n) is 3.01. The van der Waals surface area contributed by atoms with Crippen molar-refractivity contribution in [1.82, 2.24) is 19.5 Å². The number of quaternary nitrogens is 1. The molecular weight excluding hydrogens is 439 g/mol. The van der Waals surface area contributed by atoms with E-state index in [4.69, 9.17) is 19.4 Å². The van der Waals surface area contributed by atoms with E-state index < -0.39 is 40.1 Å². The van der Waals surface area contributed by atoms with Crippen LogP contribution in [0.15, 0.2) is 12.7 Å². The van der Waals surface area contributed by atoms with Crippen LogP contribution < -0.4 is 16.4 Å². The Bertz CT molecular complexity index is 978. The van der Waals surface area contributed by atoms with Crippen LogP contribution in [0, 0.1) is 0 Å². The zero-order chi connectivity index (χ0) is 23.2. The lowest BCUT2D eigenvalue weighted by Crippen LogP contribution is -2.60. The second kappa shape index (κ2) is 8.51. The number of hydrogen-bond acceptors (Lipinski definition) is 9. The van der Waals surface area contributed by atoms with Crippen LogP contribution in [0.1, 0.15) is 40.3 Å². The van der Waals surface area contributed by atoms with Crippen molar-refractivity contribution in [2.24, 2.45) is 0 Å². The van der Waals surface area contributed by atoms with Gasteiger partial charge >= 0.3 is 0 Å². The summed E-state index contributed by atoms with van der Waals surface area (Å²) in [6.07, 6.45) is 1.40. The number of nitrogens with zero attached hydrogens (tertiary/aromatic N) is 4. The minimum absolute atomic E-state index is 0.00599. The first-order valence-corrected chi connectivity index (χ1v) is 14.8. The first-order chi connectivity index (χ1) is 14.2. The SMILES string of the molecule is CC([NH3+])P(=O)([O-])O[C@H]1C[C@H](n2cnc3c(N)ncnc32)O[C@@H]1CO[Si](C)(C)C(C)(C)C. The van der Waals surface area contributed by atoms with Gasteiger partial charge in [-0.05, 0) is 25.1 Å². The van der Waals surface area contributed by atoms with Crippen molar-refractivity contribution >= 4 is 32.9 Å². The summed E-state index contributed by atoms with van der Waals surface area (Å²) in [6.45, 7) is 12.4. The quantitative estimate of drug-likeness (QED) is 0.445. The molecule has 1 fully saturated rings. The molecule has 3 rings (SSSR count). The van der Waals surface area contributed by atoms with E-state index >= 15 is 0 Å². The van der Waals surface area contributed by atoms with Gasteiger partial charge in [-0.15, -0.1) is 0 Å². The summed E-state index contributed by atoms with van der Waals surface area (Å²) in [4.78, 5) is 24.9. The van der Waals surface area contributed by atoms with Gasteiger partial charge in [0.15, 0.2) is 27.4 Å². The fourth-order valence-corrected chi connectivity index (χ4v) is 4.83. The van der Waals surface area contributed by atoms with Crippen LogP contribution in [0.25, 0.3) is 11.2 Å². The fraction of sp³-hybridized carbons (Fsp3) is 0.722. The molecule has 3 heterocycles. The maximum atomic E-state index is 12.4. The van der Waals surface area contributed by atoms with Gasteiger partial charge in [0.1, 0.15) is 30.0 Å². The molecular formula is C18H33N6O5PSi. The molecule has 0 aliphatic carbocycles. The van der Waals surface area contributed by atoms with Crippen LogP contribution in [0.2, 0.25) is 18.1 Å². The van der Waals surface area contributed by atoms with Gasteiger partial charge < -0.3 is 34.6 Å². The molecule has 1 saturated heterocycles. The van der Waals surface area contributed by atoms with E-state index in [0.717, 1.165) is 0 Å². The molecule has 1 aliphatic rings. The average Bonchev–Trinajstić information content (AvgIpc) is 3.23. The highest BCUT2D eigenvalue weighted by Gasteiger charge is 2.43. The average molecular weight is 473 g/mol. The largest absolute Gasteiger partial charge is 0.774 e. The van der Waals surface area contributed by atoms with Crippen molar-refractivity contribution in [3.05, 3.63) is 12.7 Å². The molecule has 0 spiro atoms. The predicted molar refractivity (Wildman–Crippen MR) is 116 cm³/mol. The van der Waals surface area contributed by atoms with Crippen molar-refractivity contribution in [2.75, 3.05) is 12.3 Å². The number of nitrogens with two attached hydrogens (primary N) is 1. The molecule has 0 amide bonds. The number of anilines is 1. The molecule has 2 aromatic heterocycles. The highest BCUT2D eigenvalue weighted by molar-refractivity contribution is 7.51. The summed E-state index contributed by atoms with van der Waals surface area (Å²) in [5, 5.41) is 0.00599. The summed E-state index contributed by atoms with van der Waals surface area (Å²) in [5.41, 5.74) is 10.5. The highest BCUT2D eigenvalue weighted by Crippen LogP contribution is 2.46. The Hall–Kier alpha value is -1.40. The van der Waals surface area contributed by atoms with Crippen LogP contribution in [0.5, 0.6) is 0 Å². The van der Waals surface area contributed by atoms with Crippen molar-refractivity contribution in [2.45, 2.75) is 76.5 Å². The molecule has 0 bridgehead atoms. The minimum Gasteiger partial charge on any atom is -0.774 e. The van der Waals surface area contributed by atoms with E-state index in [1.165, 1.54) is 13.3 Å². The molecule has 13 heteroatoms. The number of rotatable bonds is 7. The molecule has 0 saturated carbocycles. The van der Waals surface area contributed by atoms with Gasteiger partial charge in [0.2, 0.25) is 0 Å². The summed E-state index contributed by atoms with van der Waals surface area (Å²) >= 11 is 0. The lowest BCUT2D eigenvalue weighted by molar-refractivity contribution is -0.401. The molecule has 2 aromatic rings. The summed E-state index contributed by atoms with van der Waals surface area (Å²) in [7, 11) is -6.24. The molecule has 2 unspecified atom stereocenters. The second-order valence-electron chi connectivity index (χ2n) is 9.55. The third-order valence-corrected chi connectivity index (χ3v) is 12.3. The van der Waals surface area contributed by atoms with Crippen LogP contribution in [0.4, 0.5) is 5.82 Å². The molecule has 0 aromatic carbocycles. The Morgan fingerprint density at radius 2 is 2.10 bits per heavy atom. The van der Waals surface area contributed by atoms with E-state index in [-0.39, 0.29) is 17.5 Å². The number of ether oxygens (including phenoxy) is 1. The van der Waals surface area contributed by atoms with Gasteiger partial charge in [-0.1, -0.05) is 20.8 Å². The number of nitrogen functional groups attached to an aromatic ring is 1. The van der Waals surface area contributed by atoms with E-state index in [9.17, 15) is 9.46 Å².